The molecule has 37 heavy (non-hydrogen) atoms. The smallest absolute Gasteiger partial charge is 0.343 e. The zero-order valence-electron chi connectivity index (χ0n) is 20.7. The third kappa shape index (κ3) is 5.98. The molecular formula is C26H25ClFN3O5S. The Balaban J connectivity index is 1.73. The summed E-state index contributed by atoms with van der Waals surface area (Å²) in [7, 11) is -2.26. The number of fused-ring (bicyclic) bond motifs is 1. The highest BCUT2D eigenvalue weighted by Gasteiger charge is 2.23. The van der Waals surface area contributed by atoms with Crippen LogP contribution in [0.5, 0.6) is 0 Å². The maximum atomic E-state index is 13.6. The second kappa shape index (κ2) is 10.6. The summed E-state index contributed by atoms with van der Waals surface area (Å²) in [5.74, 6) is -0.233. The number of hydrogen-bond acceptors (Lipinski definition) is 7. The van der Waals surface area contributed by atoms with Crippen molar-refractivity contribution in [2.45, 2.75) is 33.0 Å². The fourth-order valence-corrected chi connectivity index (χ4v) is 4.34. The molecular weight excluding hydrogens is 521 g/mol. The molecule has 11 heteroatoms. The Labute approximate surface area is 218 Å². The van der Waals surface area contributed by atoms with Crippen molar-refractivity contribution in [1.29, 1.82) is 0 Å². The second-order valence-corrected chi connectivity index (χ2v) is 11.3. The molecule has 2 aromatic carbocycles. The number of anilines is 1. The minimum atomic E-state index is -3.63. The summed E-state index contributed by atoms with van der Waals surface area (Å²) in [4.78, 5) is 21.4. The lowest BCUT2D eigenvalue weighted by atomic mass is 9.99. The first-order valence-corrected chi connectivity index (χ1v) is 13.6. The maximum Gasteiger partial charge on any atom is 0.343 e. The molecule has 2 heterocycles. The number of sulfonamides is 1. The third-order valence-electron chi connectivity index (χ3n) is 5.74. The number of aromatic nitrogens is 2. The Morgan fingerprint density at radius 2 is 1.78 bits per heavy atom. The maximum absolute atomic E-state index is 13.6. The van der Waals surface area contributed by atoms with Crippen molar-refractivity contribution in [3.05, 3.63) is 86.8 Å². The van der Waals surface area contributed by atoms with Gasteiger partial charge in [0.05, 0.1) is 29.6 Å². The Bertz CT molecular complexity index is 1620. The van der Waals surface area contributed by atoms with Crippen LogP contribution in [0.25, 0.3) is 22.0 Å². The van der Waals surface area contributed by atoms with E-state index in [-0.39, 0.29) is 25.1 Å². The minimum Gasteiger partial charge on any atom is -0.425 e. The quantitative estimate of drug-likeness (QED) is 0.297. The first-order valence-electron chi connectivity index (χ1n) is 11.3. The van der Waals surface area contributed by atoms with Crippen LogP contribution in [0.3, 0.4) is 0 Å². The van der Waals surface area contributed by atoms with Crippen molar-refractivity contribution >= 4 is 38.3 Å². The second-order valence-electron chi connectivity index (χ2n) is 8.85. The average molecular weight is 546 g/mol. The van der Waals surface area contributed by atoms with Crippen molar-refractivity contribution < 1.29 is 22.0 Å². The van der Waals surface area contributed by atoms with E-state index in [1.54, 1.807) is 36.4 Å². The van der Waals surface area contributed by atoms with Gasteiger partial charge in [0.25, 0.3) is 0 Å². The molecule has 194 valence electrons. The van der Waals surface area contributed by atoms with Gasteiger partial charge in [0.2, 0.25) is 16.0 Å². The van der Waals surface area contributed by atoms with Gasteiger partial charge in [0, 0.05) is 23.2 Å². The topological polar surface area (TPSA) is 103 Å². The SMILES string of the molecule is CC(C)c1nc(N(C)S(C)(=O)=O)nc(-c2ccc(F)cc2)c1COCc1cc2cc(Cl)ccc2c(=O)o1. The molecule has 0 amide bonds. The van der Waals surface area contributed by atoms with Crippen LogP contribution in [0.2, 0.25) is 5.02 Å². The van der Waals surface area contributed by atoms with Gasteiger partial charge in [-0.2, -0.15) is 0 Å². The molecule has 0 saturated heterocycles. The van der Waals surface area contributed by atoms with E-state index in [2.05, 4.69) is 9.97 Å². The van der Waals surface area contributed by atoms with E-state index in [1.165, 1.54) is 19.2 Å². The first kappa shape index (κ1) is 26.7. The molecule has 4 rings (SSSR count). The molecule has 8 nitrogen and oxygen atoms in total. The van der Waals surface area contributed by atoms with Gasteiger partial charge in [-0.25, -0.2) is 31.9 Å². The summed E-state index contributed by atoms with van der Waals surface area (Å²) in [6, 6.07) is 12.3. The van der Waals surface area contributed by atoms with Crippen molar-refractivity contribution in [3.8, 4) is 11.3 Å². The number of halogens is 2. The van der Waals surface area contributed by atoms with Crippen LogP contribution in [0.15, 0.2) is 57.7 Å². The summed E-state index contributed by atoms with van der Waals surface area (Å²) in [5.41, 5.74) is 1.67. The van der Waals surface area contributed by atoms with Crippen LogP contribution in [0.1, 0.15) is 36.8 Å². The highest BCUT2D eigenvalue weighted by Crippen LogP contribution is 2.31. The molecule has 0 aliphatic heterocycles. The summed E-state index contributed by atoms with van der Waals surface area (Å²) in [5, 5.41) is 1.54. The number of benzene rings is 2. The standard InChI is InChI=1S/C26H25ClFN3O5S/c1-15(2)23-22(14-35-13-20-12-17-11-18(27)7-10-21(17)25(32)36-20)24(16-5-8-19(28)9-6-16)30-26(29-23)31(3)37(4,33)34/h5-12,15H,13-14H2,1-4H3. The molecule has 0 radical (unpaired) electrons. The number of hydrogen-bond donors (Lipinski definition) is 0. The van der Waals surface area contributed by atoms with Crippen LogP contribution >= 0.6 is 11.6 Å². The van der Waals surface area contributed by atoms with Crippen LogP contribution in [0.4, 0.5) is 10.3 Å². The first-order chi connectivity index (χ1) is 17.4. The van der Waals surface area contributed by atoms with Crippen LogP contribution in [0, 0.1) is 5.82 Å². The van der Waals surface area contributed by atoms with Gasteiger partial charge in [0.1, 0.15) is 18.2 Å². The Hall–Kier alpha value is -3.34. The Morgan fingerprint density at radius 3 is 2.43 bits per heavy atom. The van der Waals surface area contributed by atoms with Crippen molar-refractivity contribution in [1.82, 2.24) is 9.97 Å². The molecule has 2 aromatic heterocycles. The number of ether oxygens (including phenoxy) is 1. The van der Waals surface area contributed by atoms with E-state index in [0.717, 1.165) is 10.6 Å². The van der Waals surface area contributed by atoms with Crippen LogP contribution in [-0.2, 0) is 28.0 Å². The monoisotopic (exact) mass is 545 g/mol. The lowest BCUT2D eigenvalue weighted by Crippen LogP contribution is -2.28. The fourth-order valence-electron chi connectivity index (χ4n) is 3.79. The molecule has 0 atom stereocenters. The summed E-state index contributed by atoms with van der Waals surface area (Å²) in [6.45, 7) is 3.83. The van der Waals surface area contributed by atoms with E-state index in [0.29, 0.717) is 44.1 Å². The molecule has 0 aliphatic carbocycles. The molecule has 0 spiro atoms. The highest BCUT2D eigenvalue weighted by atomic mass is 35.5. The lowest BCUT2D eigenvalue weighted by molar-refractivity contribution is 0.0903. The normalized spacial score (nSPS) is 11.9. The van der Waals surface area contributed by atoms with Crippen molar-refractivity contribution in [2.75, 3.05) is 17.6 Å². The fraction of sp³-hybridized carbons (Fsp3) is 0.269. The lowest BCUT2D eigenvalue weighted by Gasteiger charge is -2.21. The van der Waals surface area contributed by atoms with Crippen LogP contribution < -0.4 is 9.93 Å². The van der Waals surface area contributed by atoms with Gasteiger partial charge in [-0.3, -0.25) is 0 Å². The average Bonchev–Trinajstić information content (AvgIpc) is 2.83. The van der Waals surface area contributed by atoms with E-state index in [4.69, 9.17) is 20.8 Å². The van der Waals surface area contributed by atoms with Gasteiger partial charge in [-0.15, -0.1) is 0 Å². The Kier molecular flexibility index (Phi) is 7.63. The van der Waals surface area contributed by atoms with Gasteiger partial charge >= 0.3 is 5.63 Å². The van der Waals surface area contributed by atoms with Gasteiger partial charge < -0.3 is 9.15 Å². The zero-order chi connectivity index (χ0) is 26.9. The number of nitrogens with zero attached hydrogens (tertiary/aromatic N) is 3. The summed E-state index contributed by atoms with van der Waals surface area (Å²) < 4.78 is 50.3. The molecule has 0 fully saturated rings. The van der Waals surface area contributed by atoms with E-state index in [9.17, 15) is 17.6 Å². The largest absolute Gasteiger partial charge is 0.425 e. The summed E-state index contributed by atoms with van der Waals surface area (Å²) in [6.07, 6.45) is 1.06. The molecule has 0 saturated carbocycles. The molecule has 0 N–H and O–H groups in total. The summed E-state index contributed by atoms with van der Waals surface area (Å²) >= 11 is 6.06. The van der Waals surface area contributed by atoms with E-state index in [1.807, 2.05) is 13.8 Å². The van der Waals surface area contributed by atoms with E-state index < -0.39 is 21.5 Å². The molecule has 0 bridgehead atoms. The van der Waals surface area contributed by atoms with E-state index >= 15 is 0 Å². The molecule has 0 aliphatic rings. The molecule has 0 unspecified atom stereocenters. The third-order valence-corrected chi connectivity index (χ3v) is 7.13. The number of rotatable bonds is 8. The molecule has 4 aromatic rings. The minimum absolute atomic E-state index is 0.00770. The predicted octanol–water partition coefficient (Wildman–Crippen LogP) is 5.28. The zero-order valence-corrected chi connectivity index (χ0v) is 22.2. The highest BCUT2D eigenvalue weighted by molar-refractivity contribution is 7.92. The van der Waals surface area contributed by atoms with Crippen molar-refractivity contribution in [2.24, 2.45) is 0 Å². The van der Waals surface area contributed by atoms with Crippen molar-refractivity contribution in [3.63, 3.8) is 0 Å². The van der Waals surface area contributed by atoms with Gasteiger partial charge in [-0.1, -0.05) is 25.4 Å². The van der Waals surface area contributed by atoms with Crippen LogP contribution in [-0.4, -0.2) is 31.7 Å². The van der Waals surface area contributed by atoms with Gasteiger partial charge in [0.15, 0.2) is 0 Å². The predicted molar refractivity (Wildman–Crippen MR) is 141 cm³/mol. The van der Waals surface area contributed by atoms with Gasteiger partial charge in [-0.05, 0) is 59.8 Å². The Morgan fingerprint density at radius 1 is 1.08 bits per heavy atom.